The van der Waals surface area contributed by atoms with Crippen LogP contribution < -0.4 is 0 Å². The van der Waals surface area contributed by atoms with Crippen LogP contribution in [0.3, 0.4) is 0 Å². The summed E-state index contributed by atoms with van der Waals surface area (Å²) in [6.07, 6.45) is 4.12. The number of carbonyl (C=O) groups excluding carboxylic acids is 2. The van der Waals surface area contributed by atoms with Crippen molar-refractivity contribution in [3.63, 3.8) is 0 Å². The third-order valence-electron chi connectivity index (χ3n) is 6.01. The average Bonchev–Trinajstić information content (AvgIpc) is 2.57. The van der Waals surface area contributed by atoms with Gasteiger partial charge in [-0.3, -0.25) is 13.8 Å². The molecule has 0 N–H and O–H groups in total. The molecule has 4 heteroatoms. The maximum Gasteiger partial charge on any atom is 0.148 e. The molecule has 0 unspecified atom stereocenters. The number of hydrogen-bond acceptors (Lipinski definition) is 3. The average molecular weight is 361 g/mol. The van der Waals surface area contributed by atoms with Crippen LogP contribution >= 0.6 is 0 Å². The Bertz CT molecular complexity index is 680. The Hall–Kier alpha value is -1.29. The summed E-state index contributed by atoms with van der Waals surface area (Å²) in [5, 5.41) is 0. The lowest BCUT2D eigenvalue weighted by molar-refractivity contribution is -0.137. The zero-order chi connectivity index (χ0) is 18.2. The minimum absolute atomic E-state index is 0.0807. The number of Topliss-reactive ketones (excluding diaryl/α,β-unsaturated/α-hetero) is 2. The van der Waals surface area contributed by atoms with E-state index in [1.165, 1.54) is 5.56 Å². The number of aryl methyl sites for hydroxylation is 3. The van der Waals surface area contributed by atoms with Crippen LogP contribution in [-0.4, -0.2) is 27.3 Å². The second-order valence-electron chi connectivity index (χ2n) is 7.77. The van der Waals surface area contributed by atoms with Crippen LogP contribution in [0.25, 0.3) is 0 Å². The summed E-state index contributed by atoms with van der Waals surface area (Å²) in [6.45, 7) is 6.25. The molecule has 1 saturated heterocycles. The van der Waals surface area contributed by atoms with Crippen LogP contribution in [0, 0.1) is 12.3 Å². The minimum atomic E-state index is -0.771. The smallest absolute Gasteiger partial charge is 0.148 e. The summed E-state index contributed by atoms with van der Waals surface area (Å²) in [7, 11) is -0.771. The van der Waals surface area contributed by atoms with Gasteiger partial charge in [-0.25, -0.2) is 0 Å². The molecule has 25 heavy (non-hydrogen) atoms. The summed E-state index contributed by atoms with van der Waals surface area (Å²) >= 11 is 0. The molecule has 2 aliphatic rings. The third kappa shape index (κ3) is 3.51. The van der Waals surface area contributed by atoms with Crippen molar-refractivity contribution >= 4 is 22.4 Å². The molecule has 3 nitrogen and oxygen atoms in total. The van der Waals surface area contributed by atoms with E-state index in [1.807, 2.05) is 0 Å². The van der Waals surface area contributed by atoms with E-state index in [9.17, 15) is 13.8 Å². The Morgan fingerprint density at radius 2 is 1.48 bits per heavy atom. The molecule has 0 amide bonds. The number of ketones is 2. The molecule has 1 aromatic carbocycles. The Labute approximate surface area is 153 Å². The first kappa shape index (κ1) is 18.5. The second kappa shape index (κ2) is 7.14. The van der Waals surface area contributed by atoms with Gasteiger partial charge in [0.15, 0.2) is 0 Å². The number of rotatable bonds is 3. The fraction of sp³-hybridized carbons (Fsp3) is 0.619. The van der Waals surface area contributed by atoms with Gasteiger partial charge in [0.2, 0.25) is 0 Å². The van der Waals surface area contributed by atoms with Crippen molar-refractivity contribution in [2.45, 2.75) is 65.2 Å². The number of carbonyl (C=O) groups is 2. The zero-order valence-corrected chi connectivity index (χ0v) is 16.3. The van der Waals surface area contributed by atoms with Crippen LogP contribution in [0.5, 0.6) is 0 Å². The van der Waals surface area contributed by atoms with Crippen LogP contribution in [0.1, 0.15) is 67.7 Å². The van der Waals surface area contributed by atoms with Crippen molar-refractivity contribution in [2.24, 2.45) is 5.41 Å². The minimum Gasteiger partial charge on any atom is -0.299 e. The molecule has 2 fully saturated rings. The highest BCUT2D eigenvalue weighted by Gasteiger charge is 2.47. The first-order valence-electron chi connectivity index (χ1n) is 9.42. The zero-order valence-electron chi connectivity index (χ0n) is 15.5. The van der Waals surface area contributed by atoms with Crippen molar-refractivity contribution in [1.29, 1.82) is 0 Å². The molecule has 1 aromatic rings. The maximum absolute atomic E-state index is 13.1. The first-order valence-corrected chi connectivity index (χ1v) is 10.9. The topological polar surface area (TPSA) is 51.2 Å². The third-order valence-corrected chi connectivity index (χ3v) is 7.33. The van der Waals surface area contributed by atoms with Gasteiger partial charge in [-0.05, 0) is 54.7 Å². The van der Waals surface area contributed by atoms with Crippen molar-refractivity contribution in [3.8, 4) is 0 Å². The molecule has 0 aromatic heterocycles. The Kier molecular flexibility index (Phi) is 5.29. The summed E-state index contributed by atoms with van der Waals surface area (Å²) in [5.41, 5.74) is 4.25. The van der Waals surface area contributed by atoms with E-state index < -0.39 is 16.7 Å². The molecular formula is C21H28O3S. The van der Waals surface area contributed by atoms with Gasteiger partial charge in [-0.2, -0.15) is 0 Å². The fourth-order valence-electron chi connectivity index (χ4n) is 4.66. The van der Waals surface area contributed by atoms with E-state index >= 15 is 0 Å². The molecule has 0 atom stereocenters. The molecule has 1 aliphatic carbocycles. The highest BCUT2D eigenvalue weighted by molar-refractivity contribution is 7.85. The lowest BCUT2D eigenvalue weighted by Crippen LogP contribution is -2.43. The monoisotopic (exact) mass is 360 g/mol. The van der Waals surface area contributed by atoms with Crippen LogP contribution in [-0.2, 0) is 33.2 Å². The van der Waals surface area contributed by atoms with Gasteiger partial charge in [0.1, 0.15) is 17.5 Å². The molecule has 1 heterocycles. The summed E-state index contributed by atoms with van der Waals surface area (Å²) in [6, 6.07) is 4.26. The Morgan fingerprint density at radius 3 is 1.92 bits per heavy atom. The number of hydrogen-bond donors (Lipinski definition) is 0. The van der Waals surface area contributed by atoms with E-state index in [0.717, 1.165) is 42.4 Å². The molecule has 0 bridgehead atoms. The van der Waals surface area contributed by atoms with Crippen molar-refractivity contribution in [3.05, 3.63) is 34.4 Å². The molecule has 3 rings (SSSR count). The SMILES string of the molecule is CCc1cc(C)cc(CC)c1C1C(=O)CC2(CCS(=O)CC2)CC1=O. The van der Waals surface area contributed by atoms with Gasteiger partial charge in [0.25, 0.3) is 0 Å². The van der Waals surface area contributed by atoms with Crippen molar-refractivity contribution in [1.82, 2.24) is 0 Å². The highest BCUT2D eigenvalue weighted by atomic mass is 32.2. The normalized spacial score (nSPS) is 30.0. The predicted octanol–water partition coefficient (Wildman–Crippen LogP) is 3.66. The maximum atomic E-state index is 13.1. The van der Waals surface area contributed by atoms with Gasteiger partial charge < -0.3 is 0 Å². The van der Waals surface area contributed by atoms with E-state index in [4.69, 9.17) is 0 Å². The first-order chi connectivity index (χ1) is 11.9. The van der Waals surface area contributed by atoms with E-state index in [0.29, 0.717) is 24.3 Å². The molecule has 1 spiro atoms. The standard InChI is InChI=1S/C21H28O3S/c1-4-15-10-14(3)11-16(5-2)19(15)20-17(22)12-21(13-18(20)23)6-8-25(24)9-7-21/h10-11,20H,4-9,12-13H2,1-3H3. The lowest BCUT2D eigenvalue weighted by atomic mass is 9.64. The van der Waals surface area contributed by atoms with Crippen LogP contribution in [0.2, 0.25) is 0 Å². The fourth-order valence-corrected chi connectivity index (χ4v) is 6.18. The molecule has 1 aliphatic heterocycles. The van der Waals surface area contributed by atoms with E-state index in [1.54, 1.807) is 0 Å². The van der Waals surface area contributed by atoms with Crippen LogP contribution in [0.4, 0.5) is 0 Å². The highest BCUT2D eigenvalue weighted by Crippen LogP contribution is 2.46. The van der Waals surface area contributed by atoms with Crippen molar-refractivity contribution < 1.29 is 13.8 Å². The molecule has 0 radical (unpaired) electrons. The van der Waals surface area contributed by atoms with Crippen LogP contribution in [0.15, 0.2) is 12.1 Å². The molecule has 136 valence electrons. The Balaban J connectivity index is 1.96. The van der Waals surface area contributed by atoms with Gasteiger partial charge >= 0.3 is 0 Å². The van der Waals surface area contributed by atoms with Gasteiger partial charge in [-0.1, -0.05) is 31.5 Å². The van der Waals surface area contributed by atoms with Gasteiger partial charge in [0.05, 0.1) is 0 Å². The van der Waals surface area contributed by atoms with E-state index in [2.05, 4.69) is 32.9 Å². The summed E-state index contributed by atoms with van der Waals surface area (Å²) in [4.78, 5) is 26.2. The molecule has 1 saturated carbocycles. The predicted molar refractivity (Wildman–Crippen MR) is 101 cm³/mol. The van der Waals surface area contributed by atoms with Gasteiger partial charge in [0, 0.05) is 35.1 Å². The van der Waals surface area contributed by atoms with E-state index in [-0.39, 0.29) is 17.0 Å². The largest absolute Gasteiger partial charge is 0.299 e. The summed E-state index contributed by atoms with van der Waals surface area (Å²) in [5.74, 6) is 0.852. The molecular weight excluding hydrogens is 332 g/mol. The van der Waals surface area contributed by atoms with Crippen molar-refractivity contribution in [2.75, 3.05) is 11.5 Å². The Morgan fingerprint density at radius 1 is 1.00 bits per heavy atom. The van der Waals surface area contributed by atoms with Gasteiger partial charge in [-0.15, -0.1) is 0 Å². The number of benzene rings is 1. The quantitative estimate of drug-likeness (QED) is 0.773. The lowest BCUT2D eigenvalue weighted by Gasteiger charge is -2.41. The second-order valence-corrected chi connectivity index (χ2v) is 9.47. The summed E-state index contributed by atoms with van der Waals surface area (Å²) < 4.78 is 11.7.